The molecule has 0 aromatic rings. The predicted molar refractivity (Wildman–Crippen MR) is 86.3 cm³/mol. The van der Waals surface area contributed by atoms with E-state index in [1.165, 1.54) is 11.1 Å². The Labute approximate surface area is 123 Å². The maximum atomic E-state index is 9.25. The van der Waals surface area contributed by atoms with Gasteiger partial charge in [-0.1, -0.05) is 29.9 Å². The molecule has 0 rings (SSSR count). The van der Waals surface area contributed by atoms with Crippen molar-refractivity contribution >= 4 is 0 Å². The van der Waals surface area contributed by atoms with Crippen LogP contribution in [0.4, 0.5) is 0 Å². The van der Waals surface area contributed by atoms with Crippen molar-refractivity contribution in [3.63, 3.8) is 0 Å². The van der Waals surface area contributed by atoms with Gasteiger partial charge in [0, 0.05) is 12.7 Å². The van der Waals surface area contributed by atoms with Gasteiger partial charge in [0.05, 0.1) is 11.9 Å². The normalized spacial score (nSPS) is 15.5. The summed E-state index contributed by atoms with van der Waals surface area (Å²) < 4.78 is 5.62. The molecule has 1 atom stereocenters. The summed E-state index contributed by atoms with van der Waals surface area (Å²) in [6, 6.07) is 0. The summed E-state index contributed by atoms with van der Waals surface area (Å²) >= 11 is 0. The molecule has 0 bridgehead atoms. The number of hydrogen-bond donors (Lipinski definition) is 2. The Morgan fingerprint density at radius 3 is 2.50 bits per heavy atom. The zero-order chi connectivity index (χ0) is 15.5. The molecule has 0 aliphatic carbocycles. The monoisotopic (exact) mass is 279 g/mol. The van der Waals surface area contributed by atoms with E-state index < -0.39 is 6.10 Å². The van der Waals surface area contributed by atoms with Crippen molar-refractivity contribution in [1.82, 2.24) is 5.32 Å². The number of allylic oxidation sites excluding steroid dienone is 5. The molecule has 2 N–H and O–H groups in total. The van der Waals surface area contributed by atoms with Crippen LogP contribution in [0, 0.1) is 0 Å². The van der Waals surface area contributed by atoms with Crippen LogP contribution in [-0.4, -0.2) is 24.9 Å². The fraction of sp³-hybridized carbons (Fsp3) is 0.529. The molecular formula is C17H29NO2. The predicted octanol–water partition coefficient (Wildman–Crippen LogP) is 3.69. The third-order valence-electron chi connectivity index (χ3n) is 3.04. The second-order valence-corrected chi connectivity index (χ2v) is 5.01. The van der Waals surface area contributed by atoms with Crippen molar-refractivity contribution in [1.29, 1.82) is 0 Å². The third-order valence-corrected chi connectivity index (χ3v) is 3.04. The molecule has 3 nitrogen and oxygen atoms in total. The van der Waals surface area contributed by atoms with Crippen LogP contribution in [0.15, 0.2) is 47.4 Å². The van der Waals surface area contributed by atoms with Crippen LogP contribution in [0.5, 0.6) is 0 Å². The molecule has 0 aromatic carbocycles. The van der Waals surface area contributed by atoms with Gasteiger partial charge in [0.25, 0.3) is 0 Å². The van der Waals surface area contributed by atoms with Crippen molar-refractivity contribution < 1.29 is 9.84 Å². The highest BCUT2D eigenvalue weighted by Gasteiger charge is 2.02. The Morgan fingerprint density at radius 1 is 1.35 bits per heavy atom. The minimum Gasteiger partial charge on any atom is -0.492 e. The van der Waals surface area contributed by atoms with Gasteiger partial charge >= 0.3 is 0 Å². The van der Waals surface area contributed by atoms with Crippen molar-refractivity contribution in [3.05, 3.63) is 47.4 Å². The summed E-state index contributed by atoms with van der Waals surface area (Å²) in [7, 11) is 1.90. The van der Waals surface area contributed by atoms with Gasteiger partial charge < -0.3 is 15.2 Å². The molecule has 3 heteroatoms. The lowest BCUT2D eigenvalue weighted by atomic mass is 10.1. The van der Waals surface area contributed by atoms with E-state index in [0.717, 1.165) is 24.3 Å². The number of aliphatic hydroxyl groups is 1. The van der Waals surface area contributed by atoms with Gasteiger partial charge in [-0.25, -0.2) is 0 Å². The standard InChI is InChI=1S/C17H29NO2/c1-7-13(2)9-8-10-14(3)17(18-6)12-20-16(5)11-15(4)19/h7,9,11,15,18-19H,1,8,10,12H2,2-6H3/b13-9-,16-11-,17-14-. The van der Waals surface area contributed by atoms with Gasteiger partial charge in [-0.15, -0.1) is 0 Å². The van der Waals surface area contributed by atoms with Crippen molar-refractivity contribution in [2.24, 2.45) is 0 Å². The van der Waals surface area contributed by atoms with Crippen LogP contribution in [-0.2, 0) is 4.74 Å². The van der Waals surface area contributed by atoms with E-state index >= 15 is 0 Å². The lowest BCUT2D eigenvalue weighted by Gasteiger charge is -2.14. The fourth-order valence-electron chi connectivity index (χ4n) is 1.73. The minimum absolute atomic E-state index is 0.481. The van der Waals surface area contributed by atoms with Gasteiger partial charge in [-0.2, -0.15) is 0 Å². The van der Waals surface area contributed by atoms with E-state index in [0.29, 0.717) is 6.61 Å². The van der Waals surface area contributed by atoms with E-state index in [9.17, 15) is 5.11 Å². The summed E-state index contributed by atoms with van der Waals surface area (Å²) in [5.41, 5.74) is 3.58. The van der Waals surface area contributed by atoms with Crippen molar-refractivity contribution in [2.45, 2.75) is 46.6 Å². The van der Waals surface area contributed by atoms with Gasteiger partial charge in [0.1, 0.15) is 6.61 Å². The Bertz CT molecular complexity index is 390. The SMILES string of the molecule is C=C/C(C)=C\CC/C(C)=C(/CO/C(C)=C\C(C)O)NC. The first kappa shape index (κ1) is 18.5. The number of aliphatic hydroxyl groups excluding tert-OH is 1. The van der Waals surface area contributed by atoms with Gasteiger partial charge in [0.2, 0.25) is 0 Å². The molecule has 0 spiro atoms. The number of hydrogen-bond acceptors (Lipinski definition) is 3. The van der Waals surface area contributed by atoms with Crippen LogP contribution in [0.1, 0.15) is 40.5 Å². The summed E-state index contributed by atoms with van der Waals surface area (Å²) in [6.07, 6.45) is 7.25. The maximum absolute atomic E-state index is 9.25. The molecule has 0 radical (unpaired) electrons. The quantitative estimate of drug-likeness (QED) is 0.499. The van der Waals surface area contributed by atoms with E-state index in [1.807, 2.05) is 20.0 Å². The highest BCUT2D eigenvalue weighted by molar-refractivity contribution is 5.16. The number of rotatable bonds is 9. The first-order valence-electron chi connectivity index (χ1n) is 7.05. The van der Waals surface area contributed by atoms with E-state index in [4.69, 9.17) is 4.74 Å². The van der Waals surface area contributed by atoms with Crippen LogP contribution in [0.25, 0.3) is 0 Å². The minimum atomic E-state index is -0.481. The van der Waals surface area contributed by atoms with E-state index in [1.54, 1.807) is 13.0 Å². The second-order valence-electron chi connectivity index (χ2n) is 5.01. The van der Waals surface area contributed by atoms with Gasteiger partial charge in [-0.05, 0) is 46.6 Å². The molecule has 20 heavy (non-hydrogen) atoms. The van der Waals surface area contributed by atoms with Crippen LogP contribution in [0.3, 0.4) is 0 Å². The Kier molecular flexibility index (Phi) is 9.56. The summed E-state index contributed by atoms with van der Waals surface area (Å²) in [4.78, 5) is 0. The first-order chi connectivity index (χ1) is 9.40. The van der Waals surface area contributed by atoms with E-state index in [2.05, 4.69) is 31.8 Å². The van der Waals surface area contributed by atoms with Crippen molar-refractivity contribution in [3.8, 4) is 0 Å². The molecule has 114 valence electrons. The number of likely N-dealkylation sites (N-methyl/N-ethyl adjacent to an activating group) is 1. The molecule has 0 fully saturated rings. The van der Waals surface area contributed by atoms with Crippen LogP contribution < -0.4 is 5.32 Å². The fourth-order valence-corrected chi connectivity index (χ4v) is 1.73. The largest absolute Gasteiger partial charge is 0.492 e. The number of nitrogens with one attached hydrogen (secondary N) is 1. The number of ether oxygens (including phenoxy) is 1. The molecule has 0 aliphatic heterocycles. The molecule has 0 aliphatic rings. The average Bonchev–Trinajstić information content (AvgIpc) is 2.38. The lowest BCUT2D eigenvalue weighted by molar-refractivity contribution is 0.208. The first-order valence-corrected chi connectivity index (χ1v) is 7.05. The maximum Gasteiger partial charge on any atom is 0.127 e. The highest BCUT2D eigenvalue weighted by Crippen LogP contribution is 2.12. The average molecular weight is 279 g/mol. The molecule has 0 saturated heterocycles. The van der Waals surface area contributed by atoms with Crippen LogP contribution >= 0.6 is 0 Å². The Balaban J connectivity index is 4.48. The van der Waals surface area contributed by atoms with E-state index in [-0.39, 0.29) is 0 Å². The molecular weight excluding hydrogens is 250 g/mol. The molecule has 0 amide bonds. The molecule has 0 aromatic heterocycles. The summed E-state index contributed by atoms with van der Waals surface area (Å²) in [5, 5.41) is 12.4. The molecule has 1 unspecified atom stereocenters. The van der Waals surface area contributed by atoms with Gasteiger partial charge in [-0.3, -0.25) is 0 Å². The topological polar surface area (TPSA) is 41.5 Å². The molecule has 0 saturated carbocycles. The lowest BCUT2D eigenvalue weighted by Crippen LogP contribution is -2.14. The zero-order valence-corrected chi connectivity index (χ0v) is 13.5. The third kappa shape index (κ3) is 8.59. The zero-order valence-electron chi connectivity index (χ0n) is 13.5. The smallest absolute Gasteiger partial charge is 0.127 e. The second kappa shape index (κ2) is 10.3. The van der Waals surface area contributed by atoms with Crippen LogP contribution in [0.2, 0.25) is 0 Å². The Hall–Kier alpha value is -1.48. The Morgan fingerprint density at radius 2 is 2.00 bits per heavy atom. The van der Waals surface area contributed by atoms with Gasteiger partial charge in [0.15, 0.2) is 0 Å². The van der Waals surface area contributed by atoms with Crippen molar-refractivity contribution in [2.75, 3.05) is 13.7 Å². The summed E-state index contributed by atoms with van der Waals surface area (Å²) in [5.74, 6) is 0.739. The molecule has 0 heterocycles. The highest BCUT2D eigenvalue weighted by atomic mass is 16.5. The summed E-state index contributed by atoms with van der Waals surface area (Å²) in [6.45, 7) is 12.0.